The maximum absolute atomic E-state index is 10.9. The van der Waals surface area contributed by atoms with Gasteiger partial charge < -0.3 is 4.74 Å². The standard InChI is InChI=1S/C8H14O2/c1-6-4-7(9)10-8(2,3)5-6/h6H,4-5H2,1-3H3/t6-/m1/s1. The van der Waals surface area contributed by atoms with E-state index in [4.69, 9.17) is 4.74 Å². The van der Waals surface area contributed by atoms with Crippen molar-refractivity contribution in [1.82, 2.24) is 0 Å². The van der Waals surface area contributed by atoms with Crippen molar-refractivity contribution in [3.8, 4) is 0 Å². The Morgan fingerprint density at radius 1 is 1.60 bits per heavy atom. The van der Waals surface area contributed by atoms with E-state index >= 15 is 0 Å². The lowest BCUT2D eigenvalue weighted by Gasteiger charge is -2.32. The highest BCUT2D eigenvalue weighted by atomic mass is 16.6. The van der Waals surface area contributed by atoms with Crippen molar-refractivity contribution in [3.05, 3.63) is 0 Å². The Labute approximate surface area is 61.6 Å². The third kappa shape index (κ3) is 1.72. The van der Waals surface area contributed by atoms with Crippen molar-refractivity contribution < 1.29 is 9.53 Å². The number of ether oxygens (including phenoxy) is 1. The van der Waals surface area contributed by atoms with Crippen molar-refractivity contribution in [1.29, 1.82) is 0 Å². The first kappa shape index (κ1) is 7.58. The molecule has 0 unspecified atom stereocenters. The molecule has 0 spiro atoms. The quantitative estimate of drug-likeness (QED) is 0.481. The molecule has 58 valence electrons. The zero-order valence-corrected chi connectivity index (χ0v) is 6.81. The molecule has 0 aromatic rings. The van der Waals surface area contributed by atoms with Gasteiger partial charge in [-0.25, -0.2) is 0 Å². The van der Waals surface area contributed by atoms with Crippen LogP contribution < -0.4 is 0 Å². The van der Waals surface area contributed by atoms with E-state index in [2.05, 4.69) is 6.92 Å². The first-order valence-electron chi connectivity index (χ1n) is 3.71. The van der Waals surface area contributed by atoms with Gasteiger partial charge in [0.2, 0.25) is 0 Å². The molecule has 0 saturated carbocycles. The first-order chi connectivity index (χ1) is 4.49. The lowest BCUT2D eigenvalue weighted by Crippen LogP contribution is -2.36. The van der Waals surface area contributed by atoms with Gasteiger partial charge in [0.05, 0.1) is 0 Å². The Bertz CT molecular complexity index is 149. The molecule has 0 bridgehead atoms. The topological polar surface area (TPSA) is 26.3 Å². The van der Waals surface area contributed by atoms with Gasteiger partial charge in [-0.2, -0.15) is 0 Å². The molecule has 10 heavy (non-hydrogen) atoms. The number of carbonyl (C=O) groups excluding carboxylic acids is 1. The molecule has 0 radical (unpaired) electrons. The van der Waals surface area contributed by atoms with Gasteiger partial charge in [0.25, 0.3) is 0 Å². The van der Waals surface area contributed by atoms with Gasteiger partial charge in [0.15, 0.2) is 0 Å². The molecule has 0 aliphatic carbocycles. The van der Waals surface area contributed by atoms with Crippen molar-refractivity contribution in [3.63, 3.8) is 0 Å². The van der Waals surface area contributed by atoms with Crippen molar-refractivity contribution in [2.45, 2.75) is 39.2 Å². The fourth-order valence-electron chi connectivity index (χ4n) is 1.59. The van der Waals surface area contributed by atoms with E-state index in [1.807, 2.05) is 13.8 Å². The molecule has 1 fully saturated rings. The third-order valence-corrected chi connectivity index (χ3v) is 1.75. The molecule has 0 N–H and O–H groups in total. The molecular formula is C8H14O2. The van der Waals surface area contributed by atoms with Crippen LogP contribution in [0.15, 0.2) is 0 Å². The van der Waals surface area contributed by atoms with Gasteiger partial charge in [0, 0.05) is 6.42 Å². The predicted octanol–water partition coefficient (Wildman–Crippen LogP) is 1.74. The first-order valence-corrected chi connectivity index (χ1v) is 3.71. The highest BCUT2D eigenvalue weighted by Gasteiger charge is 2.31. The minimum absolute atomic E-state index is 0.0521. The molecule has 1 atom stereocenters. The van der Waals surface area contributed by atoms with E-state index < -0.39 is 0 Å². The van der Waals surface area contributed by atoms with E-state index in [1.165, 1.54) is 0 Å². The highest BCUT2D eigenvalue weighted by molar-refractivity contribution is 5.70. The smallest absolute Gasteiger partial charge is 0.306 e. The van der Waals surface area contributed by atoms with Gasteiger partial charge in [-0.3, -0.25) is 4.79 Å². The summed E-state index contributed by atoms with van der Waals surface area (Å²) in [6, 6.07) is 0. The second kappa shape index (κ2) is 2.26. The average molecular weight is 142 g/mol. The Kier molecular flexibility index (Phi) is 1.71. The summed E-state index contributed by atoms with van der Waals surface area (Å²) in [5.74, 6) is 0.431. The average Bonchev–Trinajstić information content (AvgIpc) is 1.54. The molecule has 0 aromatic carbocycles. The number of hydrogen-bond acceptors (Lipinski definition) is 2. The molecule has 0 amide bonds. The Balaban J connectivity index is 2.59. The zero-order valence-electron chi connectivity index (χ0n) is 6.81. The van der Waals surface area contributed by atoms with Crippen LogP contribution >= 0.6 is 0 Å². The fourth-order valence-corrected chi connectivity index (χ4v) is 1.59. The number of rotatable bonds is 0. The van der Waals surface area contributed by atoms with Gasteiger partial charge in [-0.1, -0.05) is 6.92 Å². The Morgan fingerprint density at radius 2 is 2.20 bits per heavy atom. The summed E-state index contributed by atoms with van der Waals surface area (Å²) in [5, 5.41) is 0. The van der Waals surface area contributed by atoms with Crippen LogP contribution in [-0.2, 0) is 9.53 Å². The van der Waals surface area contributed by atoms with E-state index in [-0.39, 0.29) is 11.6 Å². The summed E-state index contributed by atoms with van der Waals surface area (Å²) < 4.78 is 5.11. The van der Waals surface area contributed by atoms with Gasteiger partial charge in [-0.05, 0) is 26.2 Å². The van der Waals surface area contributed by atoms with Crippen LogP contribution in [0.3, 0.4) is 0 Å². The number of carbonyl (C=O) groups is 1. The van der Waals surface area contributed by atoms with E-state index in [0.29, 0.717) is 12.3 Å². The summed E-state index contributed by atoms with van der Waals surface area (Å²) in [6.45, 7) is 6.00. The summed E-state index contributed by atoms with van der Waals surface area (Å²) in [5.41, 5.74) is -0.227. The number of hydrogen-bond donors (Lipinski definition) is 0. The lowest BCUT2D eigenvalue weighted by atomic mass is 9.90. The molecule has 2 nitrogen and oxygen atoms in total. The molecule has 0 aromatic heterocycles. The van der Waals surface area contributed by atoms with E-state index in [1.54, 1.807) is 0 Å². The molecular weight excluding hydrogens is 128 g/mol. The molecule has 1 saturated heterocycles. The second-order valence-electron chi connectivity index (χ2n) is 3.75. The Morgan fingerprint density at radius 3 is 2.60 bits per heavy atom. The minimum atomic E-state index is -0.227. The van der Waals surface area contributed by atoms with Crippen LogP contribution in [0.2, 0.25) is 0 Å². The van der Waals surface area contributed by atoms with E-state index in [0.717, 1.165) is 6.42 Å². The van der Waals surface area contributed by atoms with Crippen molar-refractivity contribution in [2.24, 2.45) is 5.92 Å². The van der Waals surface area contributed by atoms with Crippen LogP contribution in [0.1, 0.15) is 33.6 Å². The largest absolute Gasteiger partial charge is 0.460 e. The molecule has 1 heterocycles. The van der Waals surface area contributed by atoms with Crippen LogP contribution in [0, 0.1) is 5.92 Å². The van der Waals surface area contributed by atoms with E-state index in [9.17, 15) is 4.79 Å². The second-order valence-corrected chi connectivity index (χ2v) is 3.75. The molecule has 1 aliphatic heterocycles. The summed E-state index contributed by atoms with van der Waals surface area (Å²) in [7, 11) is 0. The number of esters is 1. The van der Waals surface area contributed by atoms with Crippen LogP contribution in [0.5, 0.6) is 0 Å². The normalized spacial score (nSPS) is 31.5. The lowest BCUT2D eigenvalue weighted by molar-refractivity contribution is -0.166. The fraction of sp³-hybridized carbons (Fsp3) is 0.875. The number of cyclic esters (lactones) is 1. The monoisotopic (exact) mass is 142 g/mol. The third-order valence-electron chi connectivity index (χ3n) is 1.75. The SMILES string of the molecule is C[C@@H]1CC(=O)OC(C)(C)C1. The Hall–Kier alpha value is -0.530. The van der Waals surface area contributed by atoms with Crippen LogP contribution in [0.4, 0.5) is 0 Å². The molecule has 2 heteroatoms. The maximum Gasteiger partial charge on any atom is 0.306 e. The minimum Gasteiger partial charge on any atom is -0.460 e. The summed E-state index contributed by atoms with van der Waals surface area (Å²) in [6.07, 6.45) is 1.57. The van der Waals surface area contributed by atoms with Crippen molar-refractivity contribution in [2.75, 3.05) is 0 Å². The highest BCUT2D eigenvalue weighted by Crippen LogP contribution is 2.28. The molecule has 1 rings (SSSR count). The molecule has 1 aliphatic rings. The van der Waals surface area contributed by atoms with Crippen LogP contribution in [0.25, 0.3) is 0 Å². The predicted molar refractivity (Wildman–Crippen MR) is 38.6 cm³/mol. The van der Waals surface area contributed by atoms with Gasteiger partial charge in [-0.15, -0.1) is 0 Å². The maximum atomic E-state index is 10.9. The van der Waals surface area contributed by atoms with Gasteiger partial charge >= 0.3 is 5.97 Å². The summed E-state index contributed by atoms with van der Waals surface area (Å²) >= 11 is 0. The van der Waals surface area contributed by atoms with Crippen molar-refractivity contribution >= 4 is 5.97 Å². The zero-order chi connectivity index (χ0) is 7.78. The van der Waals surface area contributed by atoms with Gasteiger partial charge in [0.1, 0.15) is 5.60 Å². The van der Waals surface area contributed by atoms with Crippen LogP contribution in [-0.4, -0.2) is 11.6 Å². The summed E-state index contributed by atoms with van der Waals surface area (Å²) in [4.78, 5) is 10.9.